The molecule has 0 radical (unpaired) electrons. The first kappa shape index (κ1) is 33.1. The molecule has 1 unspecified atom stereocenters. The predicted octanol–water partition coefficient (Wildman–Crippen LogP) is 9.04. The Morgan fingerprint density at radius 3 is 2.59 bits per heavy atom. The molecule has 246 valence electrons. The van der Waals surface area contributed by atoms with Crippen LogP contribution in [-0.4, -0.2) is 63.3 Å². The molecule has 1 atom stereocenters. The Balaban J connectivity index is 1.29. The summed E-state index contributed by atoms with van der Waals surface area (Å²) in [6, 6.07) is 13.1. The minimum Gasteiger partial charge on any atom is -0.489 e. The van der Waals surface area contributed by atoms with E-state index >= 15 is 0 Å². The third-order valence-electron chi connectivity index (χ3n) is 8.82. The molecular weight excluding hydrogens is 618 g/mol. The second kappa shape index (κ2) is 14.5. The Morgan fingerprint density at radius 2 is 1.87 bits per heavy atom. The van der Waals surface area contributed by atoms with Crippen LogP contribution in [0.15, 0.2) is 53.6 Å². The first-order valence-corrected chi connectivity index (χ1v) is 17.8. The molecule has 10 heteroatoms. The molecule has 3 aliphatic rings. The largest absolute Gasteiger partial charge is 0.489 e. The minimum absolute atomic E-state index is 0.0238. The van der Waals surface area contributed by atoms with Crippen LogP contribution < -0.4 is 15.1 Å². The molecule has 3 aromatic rings. The van der Waals surface area contributed by atoms with Crippen LogP contribution in [0.3, 0.4) is 0 Å². The first-order chi connectivity index (χ1) is 22.2. The van der Waals surface area contributed by atoms with Crippen molar-refractivity contribution in [1.82, 2.24) is 14.9 Å². The third-order valence-corrected chi connectivity index (χ3v) is 10.2. The van der Waals surface area contributed by atoms with Crippen LogP contribution in [0.5, 0.6) is 5.75 Å². The van der Waals surface area contributed by atoms with E-state index < -0.39 is 0 Å². The summed E-state index contributed by atoms with van der Waals surface area (Å²) in [5.41, 5.74) is 5.17. The molecule has 0 spiro atoms. The van der Waals surface area contributed by atoms with Gasteiger partial charge in [-0.15, -0.1) is 11.8 Å². The van der Waals surface area contributed by atoms with Gasteiger partial charge in [0.2, 0.25) is 5.95 Å². The number of benzene rings is 2. The van der Waals surface area contributed by atoms with E-state index in [2.05, 4.69) is 59.2 Å². The van der Waals surface area contributed by atoms with E-state index in [1.54, 1.807) is 11.8 Å². The maximum Gasteiger partial charge on any atom is 0.229 e. The zero-order chi connectivity index (χ0) is 32.4. The molecule has 1 aromatic heterocycles. The van der Waals surface area contributed by atoms with Crippen LogP contribution in [0.1, 0.15) is 70.9 Å². The summed E-state index contributed by atoms with van der Waals surface area (Å²) in [5.74, 6) is 2.00. The molecule has 8 nitrogen and oxygen atoms in total. The maximum absolute atomic E-state index is 11.3. The van der Waals surface area contributed by atoms with E-state index in [0.29, 0.717) is 29.0 Å². The summed E-state index contributed by atoms with van der Waals surface area (Å²) in [7, 11) is 0. The zero-order valence-corrected chi connectivity index (χ0v) is 29.1. The summed E-state index contributed by atoms with van der Waals surface area (Å²) in [5, 5.41) is 16.3. The van der Waals surface area contributed by atoms with E-state index in [-0.39, 0.29) is 16.9 Å². The van der Waals surface area contributed by atoms with Gasteiger partial charge in [0.15, 0.2) is 5.82 Å². The van der Waals surface area contributed by atoms with E-state index in [4.69, 9.17) is 21.1 Å². The molecule has 6 rings (SSSR count). The van der Waals surface area contributed by atoms with E-state index in [1.165, 1.54) is 30.2 Å². The normalized spacial score (nSPS) is 19.4. The Kier molecular flexibility index (Phi) is 10.4. The van der Waals surface area contributed by atoms with Crippen LogP contribution >= 0.6 is 23.4 Å². The number of thioether (sulfide) groups is 1. The smallest absolute Gasteiger partial charge is 0.229 e. The second-order valence-corrected chi connectivity index (χ2v) is 15.1. The average Bonchev–Trinajstić information content (AvgIpc) is 3.89. The first-order valence-electron chi connectivity index (χ1n) is 16.6. The summed E-state index contributed by atoms with van der Waals surface area (Å²) in [6.45, 7) is 13.3. The number of nitrogens with zero attached hydrogens (tertiary/aromatic N) is 4. The SMILES string of the molecule is Cc1cc(Nc2ncc(Cl)c(N(O)c3ccccc3SC(C)C)n2)c(OC(C)C)cc1C1=CC(C2CC2)N(C2CCOCC2)CC1. The van der Waals surface area contributed by atoms with Gasteiger partial charge in [-0.05, 0) is 99.8 Å². The fraction of sp³-hybridized carbons (Fsp3) is 0.500. The Morgan fingerprint density at radius 1 is 1.11 bits per heavy atom. The number of rotatable bonds is 11. The van der Waals surface area contributed by atoms with Crippen LogP contribution in [0.25, 0.3) is 5.57 Å². The van der Waals surface area contributed by atoms with E-state index in [0.717, 1.165) is 71.9 Å². The highest BCUT2D eigenvalue weighted by molar-refractivity contribution is 8.00. The molecule has 1 saturated heterocycles. The number of hydrogen-bond acceptors (Lipinski definition) is 9. The highest BCUT2D eigenvalue weighted by atomic mass is 35.5. The van der Waals surface area contributed by atoms with Gasteiger partial charge in [-0.1, -0.05) is 43.7 Å². The standard InChI is InChI=1S/C36H46ClN5O3S/c1-22(2)45-33-20-28(26-12-15-41(27-13-16-44-17-14-27)32(19-26)25-10-11-25)24(5)18-30(33)39-36-38-21-29(37)35(40-36)42(43)31-8-6-7-9-34(31)46-23(3)4/h6-9,18-23,25,27,32,43H,10-17H2,1-5H3,(H,38,39,40). The van der Waals surface area contributed by atoms with Crippen LogP contribution in [-0.2, 0) is 4.74 Å². The fourth-order valence-electron chi connectivity index (χ4n) is 6.57. The predicted molar refractivity (Wildman–Crippen MR) is 188 cm³/mol. The van der Waals surface area contributed by atoms with Gasteiger partial charge in [0, 0.05) is 42.0 Å². The highest BCUT2D eigenvalue weighted by Gasteiger charge is 2.39. The van der Waals surface area contributed by atoms with Crippen molar-refractivity contribution in [3.63, 3.8) is 0 Å². The van der Waals surface area contributed by atoms with Gasteiger partial charge in [-0.3, -0.25) is 10.1 Å². The molecule has 1 saturated carbocycles. The van der Waals surface area contributed by atoms with Gasteiger partial charge in [0.1, 0.15) is 10.8 Å². The number of halogens is 1. The summed E-state index contributed by atoms with van der Waals surface area (Å²) in [6.07, 6.45) is 9.93. The summed E-state index contributed by atoms with van der Waals surface area (Å²) < 4.78 is 12.0. The monoisotopic (exact) mass is 663 g/mol. The lowest BCUT2D eigenvalue weighted by Gasteiger charge is -2.42. The fourth-order valence-corrected chi connectivity index (χ4v) is 7.68. The number of hydrogen-bond donors (Lipinski definition) is 2. The molecule has 3 heterocycles. The summed E-state index contributed by atoms with van der Waals surface area (Å²) in [4.78, 5) is 12.8. The number of aryl methyl sites for hydroxylation is 1. The lowest BCUT2D eigenvalue weighted by Crippen LogP contribution is -2.48. The molecule has 0 bridgehead atoms. The lowest BCUT2D eigenvalue weighted by molar-refractivity contribution is 0.0200. The quantitative estimate of drug-likeness (QED) is 0.154. The molecule has 2 aromatic carbocycles. The Bertz CT molecular complexity index is 1560. The molecular formula is C36H46ClN5O3S. The van der Waals surface area contributed by atoms with Crippen molar-refractivity contribution >= 4 is 52.1 Å². The van der Waals surface area contributed by atoms with Crippen LogP contribution in [0, 0.1) is 12.8 Å². The van der Waals surface area contributed by atoms with E-state index in [1.807, 2.05) is 38.1 Å². The van der Waals surface area contributed by atoms with Crippen molar-refractivity contribution in [2.24, 2.45) is 5.92 Å². The average molecular weight is 664 g/mol. The molecule has 2 fully saturated rings. The number of nitrogens with one attached hydrogen (secondary N) is 1. The molecule has 1 aliphatic carbocycles. The zero-order valence-electron chi connectivity index (χ0n) is 27.5. The highest BCUT2D eigenvalue weighted by Crippen LogP contribution is 2.44. The van der Waals surface area contributed by atoms with Crippen molar-refractivity contribution in [2.45, 2.75) is 95.1 Å². The molecule has 2 N–H and O–H groups in total. The van der Waals surface area contributed by atoms with Crippen molar-refractivity contribution < 1.29 is 14.7 Å². The van der Waals surface area contributed by atoms with E-state index in [9.17, 15) is 5.21 Å². The molecule has 46 heavy (non-hydrogen) atoms. The second-order valence-electron chi connectivity index (χ2n) is 13.1. The Labute approximate surface area is 282 Å². The van der Waals surface area contributed by atoms with Crippen LogP contribution in [0.4, 0.5) is 23.1 Å². The van der Waals surface area contributed by atoms with Gasteiger partial charge in [-0.2, -0.15) is 4.98 Å². The third kappa shape index (κ3) is 7.66. The number of ether oxygens (including phenoxy) is 2. The lowest BCUT2D eigenvalue weighted by atomic mass is 9.89. The minimum atomic E-state index is -0.0238. The van der Waals surface area contributed by atoms with Gasteiger partial charge in [0.05, 0.1) is 23.7 Å². The van der Waals surface area contributed by atoms with Crippen molar-refractivity contribution in [3.05, 3.63) is 64.8 Å². The summed E-state index contributed by atoms with van der Waals surface area (Å²) >= 11 is 8.19. The van der Waals surface area contributed by atoms with Gasteiger partial charge in [0.25, 0.3) is 0 Å². The maximum atomic E-state index is 11.3. The number of anilines is 4. The van der Waals surface area contributed by atoms with Gasteiger partial charge < -0.3 is 14.8 Å². The molecule has 2 aliphatic heterocycles. The Hall–Kier alpha value is -2.82. The van der Waals surface area contributed by atoms with Crippen molar-refractivity contribution in [1.29, 1.82) is 0 Å². The topological polar surface area (TPSA) is 83.0 Å². The van der Waals surface area contributed by atoms with Crippen LogP contribution in [0.2, 0.25) is 5.02 Å². The van der Waals surface area contributed by atoms with Gasteiger partial charge in [-0.25, -0.2) is 10.0 Å². The number of para-hydroxylation sites is 1. The van der Waals surface area contributed by atoms with Gasteiger partial charge >= 0.3 is 0 Å². The van der Waals surface area contributed by atoms with Crippen molar-refractivity contribution in [2.75, 3.05) is 30.1 Å². The number of aromatic nitrogens is 2. The molecule has 0 amide bonds. The van der Waals surface area contributed by atoms with Crippen molar-refractivity contribution in [3.8, 4) is 5.75 Å².